The van der Waals surface area contributed by atoms with Crippen molar-refractivity contribution in [1.29, 1.82) is 0 Å². The Bertz CT molecular complexity index is 1230. The Kier molecular flexibility index (Phi) is 7.54. The summed E-state index contributed by atoms with van der Waals surface area (Å²) in [6, 6.07) is 31.0. The Morgan fingerprint density at radius 3 is 2.12 bits per heavy atom. The van der Waals surface area contributed by atoms with Crippen LogP contribution < -0.4 is 4.74 Å². The van der Waals surface area contributed by atoms with E-state index < -0.39 is 5.97 Å². The number of hydrogen-bond donors (Lipinski definition) is 0. The lowest BCUT2D eigenvalue weighted by molar-refractivity contribution is 0.0734. The van der Waals surface area contributed by atoms with E-state index in [4.69, 9.17) is 4.74 Å². The molecule has 0 heterocycles. The smallest absolute Gasteiger partial charge is 0.343 e. The lowest BCUT2D eigenvalue weighted by Crippen LogP contribution is -2.08. The number of ether oxygens (including phenoxy) is 1. The van der Waals surface area contributed by atoms with Crippen LogP contribution >= 0.6 is 0 Å². The van der Waals surface area contributed by atoms with Gasteiger partial charge in [-0.1, -0.05) is 93.1 Å². The standard InChI is InChI=1S/C31H29FO2/c1-3-7-27-18-19-29(21-30(27)32)34-31(33)28-16-14-26(15-17-28)25-12-10-23(11-13-25)20-22(2)24-8-5-4-6-9-24/h4-6,8-19,21-22H,3,7,20H2,1-2H3. The average Bonchev–Trinajstić information content (AvgIpc) is 2.87. The second-order valence-electron chi connectivity index (χ2n) is 8.68. The molecule has 1 unspecified atom stereocenters. The summed E-state index contributed by atoms with van der Waals surface area (Å²) in [5.74, 6) is -0.177. The molecule has 172 valence electrons. The van der Waals surface area contributed by atoms with Crippen molar-refractivity contribution >= 4 is 5.97 Å². The molecule has 2 nitrogen and oxygen atoms in total. The van der Waals surface area contributed by atoms with Crippen molar-refractivity contribution < 1.29 is 13.9 Å². The minimum absolute atomic E-state index is 0.215. The highest BCUT2D eigenvalue weighted by atomic mass is 19.1. The van der Waals surface area contributed by atoms with E-state index in [0.717, 1.165) is 24.0 Å². The summed E-state index contributed by atoms with van der Waals surface area (Å²) >= 11 is 0. The number of carbonyl (C=O) groups excluding carboxylic acids is 1. The number of esters is 1. The Morgan fingerprint density at radius 1 is 0.853 bits per heavy atom. The highest BCUT2D eigenvalue weighted by Gasteiger charge is 2.12. The van der Waals surface area contributed by atoms with Crippen molar-refractivity contribution in [3.8, 4) is 16.9 Å². The van der Waals surface area contributed by atoms with Crippen LogP contribution in [0.1, 0.15) is 53.2 Å². The lowest BCUT2D eigenvalue weighted by Gasteiger charge is -2.12. The quantitative estimate of drug-likeness (QED) is 0.200. The molecule has 0 amide bonds. The molecule has 4 aromatic rings. The minimum atomic E-state index is -0.501. The summed E-state index contributed by atoms with van der Waals surface area (Å²) in [7, 11) is 0. The molecule has 1 atom stereocenters. The molecule has 0 spiro atoms. The first-order valence-electron chi connectivity index (χ1n) is 11.8. The molecule has 0 fully saturated rings. The van der Waals surface area contributed by atoms with E-state index in [1.165, 1.54) is 17.2 Å². The second-order valence-corrected chi connectivity index (χ2v) is 8.68. The molecule has 0 bridgehead atoms. The summed E-state index contributed by atoms with van der Waals surface area (Å²) < 4.78 is 19.5. The predicted octanol–water partition coefficient (Wildman–Crippen LogP) is 8.01. The molecule has 4 rings (SSSR count). The topological polar surface area (TPSA) is 26.3 Å². The van der Waals surface area contributed by atoms with Gasteiger partial charge in [-0.15, -0.1) is 0 Å². The van der Waals surface area contributed by atoms with Crippen molar-refractivity contribution in [2.45, 2.75) is 39.0 Å². The monoisotopic (exact) mass is 452 g/mol. The molecule has 34 heavy (non-hydrogen) atoms. The van der Waals surface area contributed by atoms with Crippen LogP contribution in [-0.2, 0) is 12.8 Å². The molecule has 0 radical (unpaired) electrons. The van der Waals surface area contributed by atoms with Gasteiger partial charge in [-0.3, -0.25) is 0 Å². The van der Waals surface area contributed by atoms with Gasteiger partial charge in [-0.05, 0) is 64.8 Å². The van der Waals surface area contributed by atoms with Crippen molar-refractivity contribution in [1.82, 2.24) is 0 Å². The fourth-order valence-electron chi connectivity index (χ4n) is 4.11. The zero-order chi connectivity index (χ0) is 23.9. The number of hydrogen-bond acceptors (Lipinski definition) is 2. The number of halogens is 1. The van der Waals surface area contributed by atoms with Crippen LogP contribution in [0.25, 0.3) is 11.1 Å². The van der Waals surface area contributed by atoms with Crippen LogP contribution in [0, 0.1) is 5.82 Å². The molecule has 4 aromatic carbocycles. The van der Waals surface area contributed by atoms with Gasteiger partial charge in [0, 0.05) is 6.07 Å². The fourth-order valence-corrected chi connectivity index (χ4v) is 4.11. The molecule has 3 heteroatoms. The zero-order valence-electron chi connectivity index (χ0n) is 19.6. The summed E-state index contributed by atoms with van der Waals surface area (Å²) in [4.78, 5) is 12.5. The van der Waals surface area contributed by atoms with Gasteiger partial charge in [0.2, 0.25) is 0 Å². The van der Waals surface area contributed by atoms with E-state index in [1.807, 2.05) is 25.1 Å². The summed E-state index contributed by atoms with van der Waals surface area (Å²) in [6.45, 7) is 4.24. The van der Waals surface area contributed by atoms with E-state index in [9.17, 15) is 9.18 Å². The average molecular weight is 453 g/mol. The highest BCUT2D eigenvalue weighted by Crippen LogP contribution is 2.25. The van der Waals surface area contributed by atoms with E-state index in [1.54, 1.807) is 24.3 Å². The number of benzene rings is 4. The Balaban J connectivity index is 1.39. The highest BCUT2D eigenvalue weighted by molar-refractivity contribution is 5.91. The van der Waals surface area contributed by atoms with Crippen molar-refractivity contribution in [3.05, 3.63) is 125 Å². The molecule has 0 saturated heterocycles. The SMILES string of the molecule is CCCc1ccc(OC(=O)c2ccc(-c3ccc(CC(C)c4ccccc4)cc3)cc2)cc1F. The molecular formula is C31H29FO2. The largest absolute Gasteiger partial charge is 0.423 e. The summed E-state index contributed by atoms with van der Waals surface area (Å²) in [5, 5.41) is 0. The van der Waals surface area contributed by atoms with E-state index in [-0.39, 0.29) is 11.6 Å². The maximum Gasteiger partial charge on any atom is 0.343 e. The van der Waals surface area contributed by atoms with E-state index in [2.05, 4.69) is 55.5 Å². The Labute approximate surface area is 201 Å². The summed E-state index contributed by atoms with van der Waals surface area (Å²) in [6.07, 6.45) is 2.50. The minimum Gasteiger partial charge on any atom is -0.423 e. The van der Waals surface area contributed by atoms with Crippen LogP contribution in [0.15, 0.2) is 97.1 Å². The van der Waals surface area contributed by atoms with Gasteiger partial charge in [0.05, 0.1) is 5.56 Å². The molecule has 0 aliphatic heterocycles. The maximum absolute atomic E-state index is 14.1. The van der Waals surface area contributed by atoms with Gasteiger partial charge in [-0.2, -0.15) is 0 Å². The van der Waals surface area contributed by atoms with Gasteiger partial charge in [0.15, 0.2) is 0 Å². The molecule has 0 N–H and O–H groups in total. The van der Waals surface area contributed by atoms with Crippen LogP contribution in [-0.4, -0.2) is 5.97 Å². The second kappa shape index (κ2) is 10.9. The van der Waals surface area contributed by atoms with Crippen LogP contribution in [0.2, 0.25) is 0 Å². The first kappa shape index (κ1) is 23.4. The third-order valence-electron chi connectivity index (χ3n) is 6.07. The van der Waals surface area contributed by atoms with Gasteiger partial charge < -0.3 is 4.74 Å². The van der Waals surface area contributed by atoms with Gasteiger partial charge in [0.1, 0.15) is 11.6 Å². The Morgan fingerprint density at radius 2 is 1.50 bits per heavy atom. The van der Waals surface area contributed by atoms with Crippen LogP contribution in [0.3, 0.4) is 0 Å². The van der Waals surface area contributed by atoms with E-state index in [0.29, 0.717) is 23.5 Å². The van der Waals surface area contributed by atoms with E-state index >= 15 is 0 Å². The molecular weight excluding hydrogens is 423 g/mol. The maximum atomic E-state index is 14.1. The fraction of sp³-hybridized carbons (Fsp3) is 0.194. The van der Waals surface area contributed by atoms with Gasteiger partial charge in [-0.25, -0.2) is 9.18 Å². The third kappa shape index (κ3) is 5.79. The number of rotatable bonds is 8. The zero-order valence-corrected chi connectivity index (χ0v) is 19.6. The first-order valence-corrected chi connectivity index (χ1v) is 11.8. The molecule has 0 aliphatic rings. The molecule has 0 aliphatic carbocycles. The predicted molar refractivity (Wildman–Crippen MR) is 136 cm³/mol. The van der Waals surface area contributed by atoms with Crippen LogP contribution in [0.4, 0.5) is 4.39 Å². The molecule has 0 aromatic heterocycles. The van der Waals surface area contributed by atoms with Gasteiger partial charge >= 0.3 is 5.97 Å². The van der Waals surface area contributed by atoms with Crippen LogP contribution in [0.5, 0.6) is 5.75 Å². The van der Waals surface area contributed by atoms with Gasteiger partial charge in [0.25, 0.3) is 0 Å². The number of aryl methyl sites for hydroxylation is 1. The normalized spacial score (nSPS) is 11.7. The Hall–Kier alpha value is -3.72. The summed E-state index contributed by atoms with van der Waals surface area (Å²) in [5.41, 5.74) is 5.80. The lowest BCUT2D eigenvalue weighted by atomic mass is 9.93. The molecule has 0 saturated carbocycles. The third-order valence-corrected chi connectivity index (χ3v) is 6.07. The van der Waals surface area contributed by atoms with Crippen molar-refractivity contribution in [3.63, 3.8) is 0 Å². The number of carbonyl (C=O) groups is 1. The van der Waals surface area contributed by atoms with Crippen molar-refractivity contribution in [2.24, 2.45) is 0 Å². The first-order chi connectivity index (χ1) is 16.5. The van der Waals surface area contributed by atoms with Crippen molar-refractivity contribution in [2.75, 3.05) is 0 Å².